The Kier molecular flexibility index (Phi) is 9.34. The van der Waals surface area contributed by atoms with Crippen molar-refractivity contribution in [3.8, 4) is 0 Å². The molecule has 22 heavy (non-hydrogen) atoms. The maximum absolute atomic E-state index is 12.2. The van der Waals surface area contributed by atoms with Crippen molar-refractivity contribution in [2.45, 2.75) is 30.9 Å². The predicted octanol–water partition coefficient (Wildman–Crippen LogP) is 4.02. The predicted molar refractivity (Wildman–Crippen MR) is 94.9 cm³/mol. The second-order valence-electron chi connectivity index (χ2n) is 4.66. The highest BCUT2D eigenvalue weighted by Gasteiger charge is 2.05. The zero-order valence-corrected chi connectivity index (χ0v) is 14.6. The summed E-state index contributed by atoms with van der Waals surface area (Å²) in [4.78, 5) is 2.90. The van der Waals surface area contributed by atoms with Gasteiger partial charge >= 0.3 is 0 Å². The first kappa shape index (κ1) is 19.1. The number of benzene rings is 1. The number of nitrogens with zero attached hydrogens (tertiary/aromatic N) is 1. The third-order valence-electron chi connectivity index (χ3n) is 3.17. The maximum Gasteiger partial charge on any atom is 0.288 e. The Labute approximate surface area is 140 Å². The third kappa shape index (κ3) is 7.91. The van der Waals surface area contributed by atoms with E-state index in [9.17, 15) is 8.78 Å². The summed E-state index contributed by atoms with van der Waals surface area (Å²) in [5.74, 6) is -2.40. The third-order valence-corrected chi connectivity index (χ3v) is 4.14. The Hall–Kier alpha value is -0.920. The van der Waals surface area contributed by atoms with Crippen LogP contribution in [-0.2, 0) is 0 Å². The van der Waals surface area contributed by atoms with Crippen molar-refractivity contribution in [2.24, 2.45) is 0 Å². The summed E-state index contributed by atoms with van der Waals surface area (Å²) >= 11 is 5.75. The van der Waals surface area contributed by atoms with Crippen molar-refractivity contribution in [3.63, 3.8) is 0 Å². The van der Waals surface area contributed by atoms with Crippen molar-refractivity contribution < 1.29 is 8.78 Å². The lowest BCUT2D eigenvalue weighted by Crippen LogP contribution is -2.32. The molecule has 0 radical (unpaired) electrons. The number of halogens is 2. The van der Waals surface area contributed by atoms with E-state index in [0.29, 0.717) is 21.8 Å². The molecule has 0 bridgehead atoms. The topological polar surface area (TPSA) is 27.3 Å². The van der Waals surface area contributed by atoms with Gasteiger partial charge in [-0.25, -0.2) is 0 Å². The summed E-state index contributed by atoms with van der Waals surface area (Å²) in [6, 6.07) is 6.80. The largest absolute Gasteiger partial charge is 0.362 e. The summed E-state index contributed by atoms with van der Waals surface area (Å²) < 4.78 is 24.5. The van der Waals surface area contributed by atoms with Crippen molar-refractivity contribution >= 4 is 34.8 Å². The van der Waals surface area contributed by atoms with Crippen LogP contribution in [-0.4, -0.2) is 41.9 Å². The zero-order chi connectivity index (χ0) is 16.4. The van der Waals surface area contributed by atoms with E-state index in [4.69, 9.17) is 12.2 Å². The fourth-order valence-electron chi connectivity index (χ4n) is 1.94. The van der Waals surface area contributed by atoms with Crippen LogP contribution < -0.4 is 10.6 Å². The molecule has 0 amide bonds. The van der Waals surface area contributed by atoms with E-state index in [1.165, 1.54) is 0 Å². The molecule has 0 aliphatic rings. The number of anilines is 1. The summed E-state index contributed by atoms with van der Waals surface area (Å²) in [7, 11) is 0. The van der Waals surface area contributed by atoms with Gasteiger partial charge < -0.3 is 15.5 Å². The standard InChI is InChI=1S/C15H23F2N3S2/c1-3-20(4-2)11-5-10-18-15(21)19-12-6-8-13(9-7-12)22-14(16)17/h6-9,14H,3-5,10-11H2,1-2H3,(H2,18,19,21). The molecular formula is C15H23F2N3S2. The van der Waals surface area contributed by atoms with Crippen LogP contribution >= 0.6 is 24.0 Å². The van der Waals surface area contributed by atoms with E-state index in [1.54, 1.807) is 24.3 Å². The molecule has 124 valence electrons. The average Bonchev–Trinajstić information content (AvgIpc) is 2.49. The van der Waals surface area contributed by atoms with Gasteiger partial charge in [-0.3, -0.25) is 0 Å². The number of alkyl halides is 2. The molecule has 0 saturated carbocycles. The van der Waals surface area contributed by atoms with Crippen LogP contribution in [0.4, 0.5) is 14.5 Å². The number of rotatable bonds is 9. The fraction of sp³-hybridized carbons (Fsp3) is 0.533. The average molecular weight is 348 g/mol. The fourth-order valence-corrected chi connectivity index (χ4v) is 2.66. The smallest absolute Gasteiger partial charge is 0.288 e. The highest BCUT2D eigenvalue weighted by Crippen LogP contribution is 2.26. The minimum absolute atomic E-state index is 0.536. The number of hydrogen-bond donors (Lipinski definition) is 2. The molecule has 0 heterocycles. The van der Waals surface area contributed by atoms with Gasteiger partial charge in [-0.15, -0.1) is 0 Å². The van der Waals surface area contributed by atoms with Gasteiger partial charge in [0.25, 0.3) is 5.76 Å². The molecule has 0 aromatic heterocycles. The minimum atomic E-state index is -2.40. The van der Waals surface area contributed by atoms with Crippen LogP contribution in [0.1, 0.15) is 20.3 Å². The van der Waals surface area contributed by atoms with E-state index >= 15 is 0 Å². The van der Waals surface area contributed by atoms with Gasteiger partial charge in [-0.1, -0.05) is 25.6 Å². The quantitative estimate of drug-likeness (QED) is 0.400. The number of nitrogens with one attached hydrogen (secondary N) is 2. The number of thioether (sulfide) groups is 1. The van der Waals surface area contributed by atoms with Crippen LogP contribution in [0.15, 0.2) is 29.2 Å². The molecule has 0 unspecified atom stereocenters. The van der Waals surface area contributed by atoms with Crippen molar-refractivity contribution in [2.75, 3.05) is 31.5 Å². The summed E-state index contributed by atoms with van der Waals surface area (Å²) in [6.07, 6.45) is 1.02. The second-order valence-corrected chi connectivity index (χ2v) is 6.14. The van der Waals surface area contributed by atoms with E-state index < -0.39 is 5.76 Å². The van der Waals surface area contributed by atoms with Crippen LogP contribution in [0.2, 0.25) is 0 Å². The first-order valence-corrected chi connectivity index (χ1v) is 8.66. The van der Waals surface area contributed by atoms with Gasteiger partial charge in [0.15, 0.2) is 5.11 Å². The van der Waals surface area contributed by atoms with E-state index in [1.807, 2.05) is 0 Å². The van der Waals surface area contributed by atoms with Gasteiger partial charge in [0.05, 0.1) is 0 Å². The Morgan fingerprint density at radius 1 is 1.23 bits per heavy atom. The lowest BCUT2D eigenvalue weighted by atomic mass is 10.3. The Morgan fingerprint density at radius 3 is 2.41 bits per heavy atom. The van der Waals surface area contributed by atoms with Gasteiger partial charge in [-0.05, 0) is 62.5 Å². The number of thiocarbonyl (C=S) groups is 1. The van der Waals surface area contributed by atoms with Crippen molar-refractivity contribution in [3.05, 3.63) is 24.3 Å². The molecule has 0 atom stereocenters. The molecule has 0 aliphatic heterocycles. The zero-order valence-electron chi connectivity index (χ0n) is 12.9. The molecule has 1 aromatic carbocycles. The molecule has 0 aliphatic carbocycles. The summed E-state index contributed by atoms with van der Waals surface area (Å²) in [5.41, 5.74) is 0.792. The number of hydrogen-bond acceptors (Lipinski definition) is 3. The maximum atomic E-state index is 12.2. The molecule has 0 spiro atoms. The van der Waals surface area contributed by atoms with Crippen molar-refractivity contribution in [1.29, 1.82) is 0 Å². The lowest BCUT2D eigenvalue weighted by Gasteiger charge is -2.18. The SMILES string of the molecule is CCN(CC)CCCNC(=S)Nc1ccc(SC(F)F)cc1. The molecule has 3 nitrogen and oxygen atoms in total. The highest BCUT2D eigenvalue weighted by molar-refractivity contribution is 7.99. The van der Waals surface area contributed by atoms with Gasteiger partial charge in [-0.2, -0.15) is 8.78 Å². The molecule has 1 rings (SSSR count). The molecule has 0 fully saturated rings. The van der Waals surface area contributed by atoms with Gasteiger partial charge in [0.1, 0.15) is 0 Å². The molecule has 1 aromatic rings. The van der Waals surface area contributed by atoms with Gasteiger partial charge in [0, 0.05) is 17.1 Å². The lowest BCUT2D eigenvalue weighted by molar-refractivity contribution is 0.252. The Morgan fingerprint density at radius 2 is 1.86 bits per heavy atom. The summed E-state index contributed by atoms with van der Waals surface area (Å²) in [6.45, 7) is 8.27. The van der Waals surface area contributed by atoms with Crippen molar-refractivity contribution in [1.82, 2.24) is 10.2 Å². The molecular weight excluding hydrogens is 324 g/mol. The van der Waals surface area contributed by atoms with E-state index in [-0.39, 0.29) is 0 Å². The Balaban J connectivity index is 2.27. The minimum Gasteiger partial charge on any atom is -0.362 e. The van der Waals surface area contributed by atoms with Crippen LogP contribution in [0.5, 0.6) is 0 Å². The van der Waals surface area contributed by atoms with E-state index in [2.05, 4.69) is 29.4 Å². The summed E-state index contributed by atoms with van der Waals surface area (Å²) in [5, 5.41) is 6.75. The first-order valence-electron chi connectivity index (χ1n) is 7.37. The molecule has 2 N–H and O–H groups in total. The first-order chi connectivity index (χ1) is 10.5. The molecule has 7 heteroatoms. The monoisotopic (exact) mass is 347 g/mol. The highest BCUT2D eigenvalue weighted by atomic mass is 32.2. The van der Waals surface area contributed by atoms with Crippen LogP contribution in [0, 0.1) is 0 Å². The van der Waals surface area contributed by atoms with Crippen LogP contribution in [0.25, 0.3) is 0 Å². The molecule has 0 saturated heterocycles. The Bertz CT molecular complexity index is 437. The van der Waals surface area contributed by atoms with E-state index in [0.717, 1.165) is 38.3 Å². The van der Waals surface area contributed by atoms with Crippen LogP contribution in [0.3, 0.4) is 0 Å². The normalized spacial score (nSPS) is 11.0. The second kappa shape index (κ2) is 10.7. The van der Waals surface area contributed by atoms with Gasteiger partial charge in [0.2, 0.25) is 0 Å².